The summed E-state index contributed by atoms with van der Waals surface area (Å²) >= 11 is 0. The maximum atomic E-state index is 12.9. The van der Waals surface area contributed by atoms with E-state index in [1.165, 1.54) is 6.07 Å². The topological polar surface area (TPSA) is 8.81 Å². The van der Waals surface area contributed by atoms with Crippen LogP contribution >= 0.6 is 0 Å². The van der Waals surface area contributed by atoms with Crippen molar-refractivity contribution in [1.82, 2.24) is 4.57 Å². The Kier molecular flexibility index (Phi) is 4.03. The van der Waals surface area contributed by atoms with Gasteiger partial charge in [-0.05, 0) is 17.7 Å². The van der Waals surface area contributed by atoms with Crippen LogP contribution in [0.3, 0.4) is 0 Å². The number of rotatable bonds is 2. The van der Waals surface area contributed by atoms with Crippen molar-refractivity contribution in [3.8, 4) is 0 Å². The molecule has 1 aromatic carbocycles. The van der Waals surface area contributed by atoms with Gasteiger partial charge >= 0.3 is 0 Å². The van der Waals surface area contributed by atoms with Gasteiger partial charge in [-0.15, -0.1) is 0 Å². The highest BCUT2D eigenvalue weighted by Crippen LogP contribution is 2.04. The summed E-state index contributed by atoms with van der Waals surface area (Å²) in [5, 5.41) is 0. The third-order valence-electron chi connectivity index (χ3n) is 2.08. The van der Waals surface area contributed by atoms with Crippen molar-refractivity contribution < 1.29 is 25.9 Å². The summed E-state index contributed by atoms with van der Waals surface area (Å²) in [4.78, 5) is 0. The van der Waals surface area contributed by atoms with Gasteiger partial charge in [0.15, 0.2) is 0 Å². The van der Waals surface area contributed by atoms with Gasteiger partial charge < -0.3 is 17.0 Å². The van der Waals surface area contributed by atoms with Gasteiger partial charge in [0.25, 0.3) is 0 Å². The lowest BCUT2D eigenvalue weighted by Gasteiger charge is -1.97. The van der Waals surface area contributed by atoms with Gasteiger partial charge in [0.2, 0.25) is 6.33 Å². The van der Waals surface area contributed by atoms with E-state index in [0.29, 0.717) is 6.54 Å². The second-order valence-electron chi connectivity index (χ2n) is 3.38. The van der Waals surface area contributed by atoms with Gasteiger partial charge in [0.1, 0.15) is 24.8 Å². The standard InChI is InChI=1S/C11H12FN2.BrH/c1-13-5-6-14(9-13)8-10-3-2-4-11(12)7-10;/h2-7,9H,8H2,1H3;1H/q+1;/p-1. The molecular formula is C11H12BrFN2. The minimum absolute atomic E-state index is 0. The van der Waals surface area contributed by atoms with Crippen LogP contribution in [0.25, 0.3) is 0 Å². The molecule has 0 fully saturated rings. The second-order valence-corrected chi connectivity index (χ2v) is 3.38. The van der Waals surface area contributed by atoms with Crippen molar-refractivity contribution in [2.45, 2.75) is 6.54 Å². The summed E-state index contributed by atoms with van der Waals surface area (Å²) in [5.74, 6) is -0.181. The van der Waals surface area contributed by atoms with Crippen LogP contribution in [-0.4, -0.2) is 4.57 Å². The SMILES string of the molecule is C[n+]1ccn(Cc2cccc(F)c2)c1.[Br-]. The minimum atomic E-state index is -0.181. The van der Waals surface area contributed by atoms with Crippen LogP contribution in [0, 0.1) is 5.82 Å². The Morgan fingerprint density at radius 2 is 2.20 bits per heavy atom. The summed E-state index contributed by atoms with van der Waals surface area (Å²) in [5.41, 5.74) is 0.973. The summed E-state index contributed by atoms with van der Waals surface area (Å²) < 4.78 is 16.8. The van der Waals surface area contributed by atoms with Crippen molar-refractivity contribution in [2.24, 2.45) is 7.05 Å². The summed E-state index contributed by atoms with van der Waals surface area (Å²) in [6.45, 7) is 0.707. The average Bonchev–Trinajstić information content (AvgIpc) is 2.51. The van der Waals surface area contributed by atoms with Crippen molar-refractivity contribution >= 4 is 0 Å². The van der Waals surface area contributed by atoms with E-state index < -0.39 is 0 Å². The first-order chi connectivity index (χ1) is 6.74. The number of aromatic nitrogens is 2. The molecule has 0 aliphatic heterocycles. The molecule has 0 N–H and O–H groups in total. The molecule has 4 heteroatoms. The van der Waals surface area contributed by atoms with Gasteiger partial charge in [-0.2, -0.15) is 0 Å². The predicted octanol–water partition coefficient (Wildman–Crippen LogP) is -1.50. The average molecular weight is 271 g/mol. The Labute approximate surface area is 98.7 Å². The molecule has 0 saturated carbocycles. The maximum absolute atomic E-state index is 12.9. The van der Waals surface area contributed by atoms with E-state index in [0.717, 1.165) is 5.56 Å². The Hall–Kier alpha value is -1.16. The fraction of sp³-hybridized carbons (Fsp3) is 0.182. The zero-order valence-corrected chi connectivity index (χ0v) is 9.98. The Bertz CT molecular complexity index is 440. The summed E-state index contributed by atoms with van der Waals surface area (Å²) in [7, 11) is 1.96. The highest BCUT2D eigenvalue weighted by Gasteiger charge is 2.01. The predicted molar refractivity (Wildman–Crippen MR) is 51.1 cm³/mol. The second kappa shape index (κ2) is 5.07. The van der Waals surface area contributed by atoms with Crippen molar-refractivity contribution in [3.63, 3.8) is 0 Å². The van der Waals surface area contributed by atoms with E-state index in [4.69, 9.17) is 0 Å². The van der Waals surface area contributed by atoms with Crippen LogP contribution in [-0.2, 0) is 13.6 Å². The van der Waals surface area contributed by atoms with Gasteiger partial charge in [0.05, 0.1) is 7.05 Å². The molecular weight excluding hydrogens is 259 g/mol. The lowest BCUT2D eigenvalue weighted by Crippen LogP contribution is -3.00. The number of aryl methyl sites for hydroxylation is 1. The molecule has 0 aliphatic rings. The normalized spacial score (nSPS) is 9.73. The monoisotopic (exact) mass is 270 g/mol. The fourth-order valence-corrected chi connectivity index (χ4v) is 1.44. The first kappa shape index (κ1) is 11.9. The highest BCUT2D eigenvalue weighted by molar-refractivity contribution is 5.16. The first-order valence-electron chi connectivity index (χ1n) is 4.49. The van der Waals surface area contributed by atoms with E-state index in [1.54, 1.807) is 12.1 Å². The Morgan fingerprint density at radius 1 is 1.40 bits per heavy atom. The summed E-state index contributed by atoms with van der Waals surface area (Å²) in [6, 6.07) is 6.66. The van der Waals surface area contributed by atoms with E-state index in [9.17, 15) is 4.39 Å². The molecule has 1 aromatic heterocycles. The van der Waals surface area contributed by atoms with E-state index >= 15 is 0 Å². The zero-order chi connectivity index (χ0) is 9.97. The van der Waals surface area contributed by atoms with Crippen LogP contribution in [0.5, 0.6) is 0 Å². The number of benzene rings is 1. The third-order valence-corrected chi connectivity index (χ3v) is 2.08. The molecule has 0 radical (unpaired) electrons. The smallest absolute Gasteiger partial charge is 0.243 e. The molecule has 2 nitrogen and oxygen atoms in total. The quantitative estimate of drug-likeness (QED) is 0.588. The molecule has 15 heavy (non-hydrogen) atoms. The van der Waals surface area contributed by atoms with Crippen molar-refractivity contribution in [1.29, 1.82) is 0 Å². The molecule has 80 valence electrons. The molecule has 2 aromatic rings. The lowest BCUT2D eigenvalue weighted by atomic mass is 10.2. The van der Waals surface area contributed by atoms with Crippen molar-refractivity contribution in [2.75, 3.05) is 0 Å². The zero-order valence-electron chi connectivity index (χ0n) is 8.40. The van der Waals surface area contributed by atoms with Crippen LogP contribution < -0.4 is 21.5 Å². The van der Waals surface area contributed by atoms with E-state index in [2.05, 4.69) is 0 Å². The van der Waals surface area contributed by atoms with Gasteiger partial charge in [-0.1, -0.05) is 12.1 Å². The molecule has 2 rings (SSSR count). The fourth-order valence-electron chi connectivity index (χ4n) is 1.44. The Morgan fingerprint density at radius 3 is 2.80 bits per heavy atom. The molecule has 1 heterocycles. The van der Waals surface area contributed by atoms with Gasteiger partial charge in [-0.25, -0.2) is 13.5 Å². The molecule has 0 saturated heterocycles. The maximum Gasteiger partial charge on any atom is 0.243 e. The first-order valence-corrected chi connectivity index (χ1v) is 4.49. The van der Waals surface area contributed by atoms with E-state index in [1.807, 2.05) is 41.0 Å². The van der Waals surface area contributed by atoms with Gasteiger partial charge in [-0.3, -0.25) is 0 Å². The molecule has 0 aliphatic carbocycles. The highest BCUT2D eigenvalue weighted by atomic mass is 79.9. The number of nitrogens with zero attached hydrogens (tertiary/aromatic N) is 2. The number of hydrogen-bond donors (Lipinski definition) is 0. The summed E-state index contributed by atoms with van der Waals surface area (Å²) in [6.07, 6.45) is 5.88. The van der Waals surface area contributed by atoms with Crippen LogP contribution in [0.1, 0.15) is 5.56 Å². The minimum Gasteiger partial charge on any atom is -1.00 e. The van der Waals surface area contributed by atoms with Gasteiger partial charge in [0, 0.05) is 0 Å². The van der Waals surface area contributed by atoms with Crippen LogP contribution in [0.4, 0.5) is 4.39 Å². The molecule has 0 amide bonds. The lowest BCUT2D eigenvalue weighted by molar-refractivity contribution is -0.671. The molecule has 0 bridgehead atoms. The third kappa shape index (κ3) is 3.16. The van der Waals surface area contributed by atoms with E-state index in [-0.39, 0.29) is 22.8 Å². The van der Waals surface area contributed by atoms with Crippen LogP contribution in [0.15, 0.2) is 43.0 Å². The molecule has 0 spiro atoms. The largest absolute Gasteiger partial charge is 1.00 e. The molecule has 0 atom stereocenters. The van der Waals surface area contributed by atoms with Crippen LogP contribution in [0.2, 0.25) is 0 Å². The number of imidazole rings is 1. The molecule has 0 unspecified atom stereocenters. The van der Waals surface area contributed by atoms with Crippen molar-refractivity contribution in [3.05, 3.63) is 54.4 Å². The Balaban J connectivity index is 0.00000112. The number of hydrogen-bond acceptors (Lipinski definition) is 0. The number of halogens is 2.